The lowest BCUT2D eigenvalue weighted by Crippen LogP contribution is -2.44. The molecule has 1 fully saturated rings. The van der Waals surface area contributed by atoms with Crippen molar-refractivity contribution in [2.24, 2.45) is 0 Å². The van der Waals surface area contributed by atoms with Crippen molar-refractivity contribution in [2.75, 3.05) is 60.5 Å². The lowest BCUT2D eigenvalue weighted by molar-refractivity contribution is -0.116. The van der Waals surface area contributed by atoms with Gasteiger partial charge in [-0.1, -0.05) is 18.2 Å². The van der Waals surface area contributed by atoms with Crippen molar-refractivity contribution in [3.8, 4) is 0 Å². The molecular weight excluding hydrogens is 412 g/mol. The summed E-state index contributed by atoms with van der Waals surface area (Å²) in [6, 6.07) is 15.3. The second-order valence-electron chi connectivity index (χ2n) is 8.11. The van der Waals surface area contributed by atoms with Gasteiger partial charge in [0, 0.05) is 50.5 Å². The van der Waals surface area contributed by atoms with E-state index < -0.39 is 10.0 Å². The zero-order valence-corrected chi connectivity index (χ0v) is 19.4. The first-order valence-corrected chi connectivity index (χ1v) is 12.5. The Bertz CT molecular complexity index is 984. The average molecular weight is 445 g/mol. The summed E-state index contributed by atoms with van der Waals surface area (Å²) >= 11 is 0. The van der Waals surface area contributed by atoms with Crippen LogP contribution in [0.15, 0.2) is 48.5 Å². The van der Waals surface area contributed by atoms with E-state index in [9.17, 15) is 13.2 Å². The number of aryl methyl sites for hydroxylation is 1. The molecule has 1 amide bonds. The van der Waals surface area contributed by atoms with Crippen LogP contribution in [0.2, 0.25) is 0 Å². The number of likely N-dealkylation sites (N-methyl/N-ethyl adjacent to an activating group) is 1. The molecule has 0 spiro atoms. The quantitative estimate of drug-likeness (QED) is 0.678. The molecular formula is C23H32N4O3S. The van der Waals surface area contributed by atoms with Crippen LogP contribution < -0.4 is 14.5 Å². The van der Waals surface area contributed by atoms with E-state index in [0.29, 0.717) is 12.1 Å². The molecule has 2 aromatic carbocycles. The molecule has 2 aromatic rings. The summed E-state index contributed by atoms with van der Waals surface area (Å²) in [7, 11) is -1.29. The van der Waals surface area contributed by atoms with Gasteiger partial charge < -0.3 is 15.1 Å². The zero-order chi connectivity index (χ0) is 22.4. The Labute approximate surface area is 185 Å². The summed E-state index contributed by atoms with van der Waals surface area (Å²) in [6.07, 6.45) is 1.88. The highest BCUT2D eigenvalue weighted by Crippen LogP contribution is 2.23. The predicted molar refractivity (Wildman–Crippen MR) is 127 cm³/mol. The number of piperazine rings is 1. The molecule has 1 aliphatic heterocycles. The molecule has 0 saturated carbocycles. The van der Waals surface area contributed by atoms with Gasteiger partial charge in [-0.15, -0.1) is 0 Å². The lowest BCUT2D eigenvalue weighted by Gasteiger charge is -2.34. The Kier molecular flexibility index (Phi) is 7.56. The number of sulfonamides is 1. The van der Waals surface area contributed by atoms with Gasteiger partial charge in [0.2, 0.25) is 15.9 Å². The van der Waals surface area contributed by atoms with Crippen LogP contribution in [0, 0.1) is 6.92 Å². The number of carbonyl (C=O) groups is 1. The molecule has 0 radical (unpaired) electrons. The van der Waals surface area contributed by atoms with Crippen LogP contribution in [0.25, 0.3) is 0 Å². The Hall–Kier alpha value is -2.58. The molecule has 0 bridgehead atoms. The Morgan fingerprint density at radius 1 is 1.03 bits per heavy atom. The summed E-state index contributed by atoms with van der Waals surface area (Å²) in [5.41, 5.74) is 3.46. The summed E-state index contributed by atoms with van der Waals surface area (Å²) in [4.78, 5) is 17.0. The van der Waals surface area contributed by atoms with Gasteiger partial charge in [0.05, 0.1) is 11.9 Å². The van der Waals surface area contributed by atoms with Crippen LogP contribution in [-0.2, 0) is 14.8 Å². The molecule has 1 heterocycles. The average Bonchev–Trinajstić information content (AvgIpc) is 2.72. The maximum absolute atomic E-state index is 12.4. The highest BCUT2D eigenvalue weighted by Gasteiger charge is 2.19. The van der Waals surface area contributed by atoms with Crippen LogP contribution in [0.4, 0.5) is 17.1 Å². The minimum Gasteiger partial charge on any atom is -0.369 e. The topological polar surface area (TPSA) is 73.0 Å². The molecule has 3 rings (SSSR count). The van der Waals surface area contributed by atoms with Gasteiger partial charge in [-0.05, 0) is 56.3 Å². The predicted octanol–water partition coefficient (Wildman–Crippen LogP) is 2.93. The fraction of sp³-hybridized carbons (Fsp3) is 0.435. The second kappa shape index (κ2) is 10.2. The first kappa shape index (κ1) is 23.1. The van der Waals surface area contributed by atoms with Gasteiger partial charge in [-0.3, -0.25) is 9.10 Å². The van der Waals surface area contributed by atoms with Crippen molar-refractivity contribution in [1.82, 2.24) is 4.90 Å². The summed E-state index contributed by atoms with van der Waals surface area (Å²) in [5, 5.41) is 2.91. The number of hydrogen-bond donors (Lipinski definition) is 1. The normalized spacial score (nSPS) is 15.0. The van der Waals surface area contributed by atoms with E-state index in [1.165, 1.54) is 10.6 Å². The molecule has 168 valence electrons. The van der Waals surface area contributed by atoms with Crippen molar-refractivity contribution in [2.45, 2.75) is 19.8 Å². The van der Waals surface area contributed by atoms with Crippen molar-refractivity contribution >= 4 is 33.0 Å². The number of carbonyl (C=O) groups excluding carboxylic acids is 1. The van der Waals surface area contributed by atoms with Crippen LogP contribution in [0.5, 0.6) is 0 Å². The van der Waals surface area contributed by atoms with Gasteiger partial charge in [-0.2, -0.15) is 0 Å². The third-order valence-electron chi connectivity index (χ3n) is 5.57. The molecule has 1 aliphatic rings. The maximum Gasteiger partial charge on any atom is 0.232 e. The second-order valence-corrected chi connectivity index (χ2v) is 10.0. The zero-order valence-electron chi connectivity index (χ0n) is 18.5. The van der Waals surface area contributed by atoms with E-state index in [0.717, 1.165) is 43.1 Å². The largest absolute Gasteiger partial charge is 0.369 e. The SMILES string of the molecule is Cc1ccccc1N(CCCC(=O)Nc1ccc(N2CCN(C)CC2)cc1)S(C)(=O)=O. The van der Waals surface area contributed by atoms with Crippen LogP contribution >= 0.6 is 0 Å². The Morgan fingerprint density at radius 2 is 1.68 bits per heavy atom. The number of amides is 1. The Morgan fingerprint density at radius 3 is 2.29 bits per heavy atom. The highest BCUT2D eigenvalue weighted by molar-refractivity contribution is 7.92. The molecule has 1 N–H and O–H groups in total. The first-order valence-electron chi connectivity index (χ1n) is 10.6. The van der Waals surface area contributed by atoms with Crippen molar-refractivity contribution in [3.63, 3.8) is 0 Å². The van der Waals surface area contributed by atoms with Gasteiger partial charge in [0.15, 0.2) is 0 Å². The van der Waals surface area contributed by atoms with E-state index in [2.05, 4.69) is 22.2 Å². The monoisotopic (exact) mass is 444 g/mol. The van der Waals surface area contributed by atoms with Crippen molar-refractivity contribution in [1.29, 1.82) is 0 Å². The number of nitrogens with zero attached hydrogens (tertiary/aromatic N) is 3. The smallest absolute Gasteiger partial charge is 0.232 e. The third-order valence-corrected chi connectivity index (χ3v) is 6.75. The van der Waals surface area contributed by atoms with Crippen molar-refractivity contribution in [3.05, 3.63) is 54.1 Å². The van der Waals surface area contributed by atoms with Crippen LogP contribution in [-0.4, -0.2) is 65.3 Å². The molecule has 0 unspecified atom stereocenters. The van der Waals surface area contributed by atoms with Gasteiger partial charge in [-0.25, -0.2) is 8.42 Å². The summed E-state index contributed by atoms with van der Waals surface area (Å²) in [5.74, 6) is -0.120. The standard InChI is InChI=1S/C23H32N4O3S/c1-19-7-4-5-8-22(19)27(31(3,29)30)14-6-9-23(28)24-20-10-12-21(13-11-20)26-17-15-25(2)16-18-26/h4-5,7-8,10-13H,6,9,14-18H2,1-3H3,(H,24,28). The molecule has 0 atom stereocenters. The van der Waals surface area contributed by atoms with E-state index >= 15 is 0 Å². The minimum atomic E-state index is -3.42. The van der Waals surface area contributed by atoms with E-state index in [-0.39, 0.29) is 18.9 Å². The highest BCUT2D eigenvalue weighted by atomic mass is 32.2. The Balaban J connectivity index is 1.52. The number of benzene rings is 2. The van der Waals surface area contributed by atoms with E-state index in [1.54, 1.807) is 6.07 Å². The van der Waals surface area contributed by atoms with Crippen LogP contribution in [0.1, 0.15) is 18.4 Å². The first-order chi connectivity index (χ1) is 14.7. The van der Waals surface area contributed by atoms with Gasteiger partial charge >= 0.3 is 0 Å². The number of rotatable bonds is 8. The van der Waals surface area contributed by atoms with Gasteiger partial charge in [0.25, 0.3) is 0 Å². The number of para-hydroxylation sites is 1. The summed E-state index contributed by atoms with van der Waals surface area (Å²) < 4.78 is 25.9. The molecule has 8 heteroatoms. The number of nitrogens with one attached hydrogen (secondary N) is 1. The van der Waals surface area contributed by atoms with E-state index in [1.807, 2.05) is 49.4 Å². The van der Waals surface area contributed by atoms with Crippen molar-refractivity contribution < 1.29 is 13.2 Å². The molecule has 0 aromatic heterocycles. The maximum atomic E-state index is 12.4. The molecule has 0 aliphatic carbocycles. The van der Waals surface area contributed by atoms with E-state index in [4.69, 9.17) is 0 Å². The fourth-order valence-corrected chi connectivity index (χ4v) is 4.76. The molecule has 31 heavy (non-hydrogen) atoms. The number of hydrogen-bond acceptors (Lipinski definition) is 5. The molecule has 7 nitrogen and oxygen atoms in total. The minimum absolute atomic E-state index is 0.120. The van der Waals surface area contributed by atoms with Gasteiger partial charge in [0.1, 0.15) is 0 Å². The van der Waals surface area contributed by atoms with Crippen LogP contribution in [0.3, 0.4) is 0 Å². The summed E-state index contributed by atoms with van der Waals surface area (Å²) in [6.45, 7) is 6.24. The fourth-order valence-electron chi connectivity index (χ4n) is 3.74. The molecule has 1 saturated heterocycles. The number of anilines is 3. The lowest BCUT2D eigenvalue weighted by atomic mass is 10.2. The third kappa shape index (κ3) is 6.45.